The first-order valence-corrected chi connectivity index (χ1v) is 9.27. The van der Waals surface area contributed by atoms with Gasteiger partial charge in [-0.3, -0.25) is 0 Å². The minimum Gasteiger partial charge on any atom is -0.315 e. The molecule has 2 aliphatic rings. The smallest absolute Gasteiger partial charge is 0.150 e. The van der Waals surface area contributed by atoms with E-state index >= 15 is 0 Å². The summed E-state index contributed by atoms with van der Waals surface area (Å²) in [4.78, 5) is 0. The topological polar surface area (TPSA) is 46.2 Å². The average Bonchev–Trinajstić information content (AvgIpc) is 2.67. The second-order valence-electron chi connectivity index (χ2n) is 5.83. The van der Waals surface area contributed by atoms with Gasteiger partial charge in [-0.1, -0.05) is 34.1 Å². The van der Waals surface area contributed by atoms with Crippen molar-refractivity contribution >= 4 is 25.8 Å². The highest BCUT2D eigenvalue weighted by Crippen LogP contribution is 2.42. The Bertz CT molecular complexity index is 581. The molecule has 1 aromatic rings. The molecular weight excluding hydrogens is 326 g/mol. The minimum atomic E-state index is -2.80. The molecule has 2 aliphatic heterocycles. The third-order valence-corrected chi connectivity index (χ3v) is 7.09. The second kappa shape index (κ2) is 4.86. The quantitative estimate of drug-likeness (QED) is 0.913. The number of nitrogens with one attached hydrogen (secondary N) is 1. The van der Waals surface area contributed by atoms with Gasteiger partial charge in [0, 0.05) is 23.0 Å². The Morgan fingerprint density at radius 3 is 2.58 bits per heavy atom. The molecule has 0 amide bonds. The van der Waals surface area contributed by atoms with E-state index in [1.807, 2.05) is 12.1 Å². The van der Waals surface area contributed by atoms with E-state index in [1.165, 1.54) is 5.56 Å². The fourth-order valence-electron chi connectivity index (χ4n) is 3.30. The number of benzene rings is 1. The molecule has 1 atom stereocenters. The van der Waals surface area contributed by atoms with Gasteiger partial charge in [-0.25, -0.2) is 8.42 Å². The van der Waals surface area contributed by atoms with Crippen molar-refractivity contribution in [1.82, 2.24) is 5.32 Å². The minimum absolute atomic E-state index is 0.132. The summed E-state index contributed by atoms with van der Waals surface area (Å²) in [6.45, 7) is 1.88. The number of hydrogen-bond donors (Lipinski definition) is 1. The molecule has 19 heavy (non-hydrogen) atoms. The maximum Gasteiger partial charge on any atom is 0.150 e. The highest BCUT2D eigenvalue weighted by atomic mass is 79.9. The van der Waals surface area contributed by atoms with Crippen LogP contribution < -0.4 is 5.32 Å². The Balaban J connectivity index is 1.83. The van der Waals surface area contributed by atoms with Crippen LogP contribution in [0.3, 0.4) is 0 Å². The Hall–Kier alpha value is -0.390. The van der Waals surface area contributed by atoms with Gasteiger partial charge in [0.1, 0.15) is 0 Å². The lowest BCUT2D eigenvalue weighted by Crippen LogP contribution is -2.59. The highest BCUT2D eigenvalue weighted by Gasteiger charge is 2.48. The van der Waals surface area contributed by atoms with Crippen molar-refractivity contribution in [3.8, 4) is 0 Å². The van der Waals surface area contributed by atoms with E-state index in [-0.39, 0.29) is 5.41 Å². The van der Waals surface area contributed by atoms with Gasteiger partial charge in [-0.2, -0.15) is 0 Å². The molecule has 2 fully saturated rings. The fourth-order valence-corrected chi connectivity index (χ4v) is 5.67. The van der Waals surface area contributed by atoms with Crippen LogP contribution in [0.4, 0.5) is 0 Å². The molecule has 1 aromatic carbocycles. The molecule has 1 unspecified atom stereocenters. The highest BCUT2D eigenvalue weighted by molar-refractivity contribution is 9.10. The molecule has 1 N–H and O–H groups in total. The van der Waals surface area contributed by atoms with E-state index in [4.69, 9.17) is 0 Å². The zero-order chi connectivity index (χ0) is 13.5. The Morgan fingerprint density at radius 1 is 1.32 bits per heavy atom. The molecule has 3 rings (SSSR count). The molecule has 2 saturated heterocycles. The molecule has 0 aliphatic carbocycles. The summed E-state index contributed by atoms with van der Waals surface area (Å²) >= 11 is 3.59. The Labute approximate surface area is 122 Å². The first-order valence-electron chi connectivity index (χ1n) is 6.65. The van der Waals surface area contributed by atoms with E-state index in [9.17, 15) is 8.42 Å². The van der Waals surface area contributed by atoms with Crippen LogP contribution in [0.2, 0.25) is 0 Å². The molecule has 3 nitrogen and oxygen atoms in total. The van der Waals surface area contributed by atoms with E-state index in [0.29, 0.717) is 17.4 Å². The largest absolute Gasteiger partial charge is 0.315 e. The molecule has 0 aromatic heterocycles. The maximum atomic E-state index is 11.7. The van der Waals surface area contributed by atoms with Crippen LogP contribution in [0.1, 0.15) is 12.0 Å². The van der Waals surface area contributed by atoms with Crippen LogP contribution in [0.25, 0.3) is 0 Å². The lowest BCUT2D eigenvalue weighted by Gasteiger charge is -2.47. The van der Waals surface area contributed by atoms with Crippen LogP contribution in [-0.2, 0) is 16.3 Å². The van der Waals surface area contributed by atoms with Crippen LogP contribution in [-0.4, -0.2) is 33.0 Å². The van der Waals surface area contributed by atoms with Gasteiger partial charge >= 0.3 is 0 Å². The van der Waals surface area contributed by atoms with Gasteiger partial charge in [0.15, 0.2) is 9.84 Å². The lowest BCUT2D eigenvalue weighted by molar-refractivity contribution is 0.0923. The van der Waals surface area contributed by atoms with Gasteiger partial charge in [0.25, 0.3) is 0 Å². The van der Waals surface area contributed by atoms with Crippen molar-refractivity contribution in [1.29, 1.82) is 0 Å². The zero-order valence-electron chi connectivity index (χ0n) is 10.7. The number of halogens is 1. The van der Waals surface area contributed by atoms with Crippen molar-refractivity contribution in [2.75, 3.05) is 24.6 Å². The molecule has 5 heteroatoms. The maximum absolute atomic E-state index is 11.7. The molecule has 2 heterocycles. The number of rotatable bonds is 3. The van der Waals surface area contributed by atoms with Gasteiger partial charge < -0.3 is 5.32 Å². The summed E-state index contributed by atoms with van der Waals surface area (Å²) < 4.78 is 24.6. The van der Waals surface area contributed by atoms with Crippen LogP contribution in [0.15, 0.2) is 28.7 Å². The van der Waals surface area contributed by atoms with Gasteiger partial charge in [-0.15, -0.1) is 0 Å². The monoisotopic (exact) mass is 343 g/mol. The molecule has 0 bridgehead atoms. The van der Waals surface area contributed by atoms with Crippen molar-refractivity contribution in [3.05, 3.63) is 34.3 Å². The van der Waals surface area contributed by atoms with Gasteiger partial charge in [0.2, 0.25) is 0 Å². The average molecular weight is 344 g/mol. The van der Waals surface area contributed by atoms with Crippen molar-refractivity contribution in [2.24, 2.45) is 11.3 Å². The number of sulfone groups is 1. The Kier molecular flexibility index (Phi) is 3.48. The van der Waals surface area contributed by atoms with Crippen molar-refractivity contribution < 1.29 is 8.42 Å². The van der Waals surface area contributed by atoms with Crippen LogP contribution in [0.5, 0.6) is 0 Å². The van der Waals surface area contributed by atoms with Crippen LogP contribution >= 0.6 is 15.9 Å². The first kappa shape index (κ1) is 13.6. The van der Waals surface area contributed by atoms with Gasteiger partial charge in [0.05, 0.1) is 11.5 Å². The molecule has 104 valence electrons. The summed E-state index contributed by atoms with van der Waals surface area (Å²) in [5.74, 6) is 1.06. The summed E-state index contributed by atoms with van der Waals surface area (Å²) in [6, 6.07) is 8.25. The van der Waals surface area contributed by atoms with E-state index in [0.717, 1.165) is 30.4 Å². The van der Waals surface area contributed by atoms with Crippen molar-refractivity contribution in [3.63, 3.8) is 0 Å². The summed E-state index contributed by atoms with van der Waals surface area (Å²) in [7, 11) is -2.80. The fraction of sp³-hybridized carbons (Fsp3) is 0.571. The summed E-state index contributed by atoms with van der Waals surface area (Å²) in [5.41, 5.74) is 1.42. The predicted octanol–water partition coefficient (Wildman–Crippen LogP) is 2.02. The van der Waals surface area contributed by atoms with Crippen molar-refractivity contribution in [2.45, 2.75) is 12.8 Å². The molecule has 0 radical (unpaired) electrons. The summed E-state index contributed by atoms with van der Waals surface area (Å²) in [6.07, 6.45) is 1.79. The standard InChI is InChI=1S/C14H18BrNO2S/c15-13-4-2-1-3-11(13)7-14(9-16-10-14)12-5-6-19(17,18)8-12/h1-4,12,16H,5-10H2. The lowest BCUT2D eigenvalue weighted by atomic mass is 9.67. The molecular formula is C14H18BrNO2S. The Morgan fingerprint density at radius 2 is 2.05 bits per heavy atom. The normalized spacial score (nSPS) is 27.9. The van der Waals surface area contributed by atoms with E-state index in [2.05, 4.69) is 33.4 Å². The third-order valence-electron chi connectivity index (χ3n) is 4.55. The first-order chi connectivity index (χ1) is 9.01. The zero-order valence-corrected chi connectivity index (χ0v) is 13.1. The van der Waals surface area contributed by atoms with E-state index in [1.54, 1.807) is 0 Å². The second-order valence-corrected chi connectivity index (χ2v) is 8.92. The molecule has 0 spiro atoms. The predicted molar refractivity (Wildman–Crippen MR) is 79.9 cm³/mol. The number of hydrogen-bond acceptors (Lipinski definition) is 3. The van der Waals surface area contributed by atoms with E-state index < -0.39 is 9.84 Å². The summed E-state index contributed by atoms with van der Waals surface area (Å²) in [5, 5.41) is 3.34. The molecule has 0 saturated carbocycles. The van der Waals surface area contributed by atoms with Crippen LogP contribution in [0, 0.1) is 11.3 Å². The third kappa shape index (κ3) is 2.60. The SMILES string of the molecule is O=S1(=O)CCC(C2(Cc3ccccc3Br)CNC2)C1. The van der Waals surface area contributed by atoms with Gasteiger partial charge in [-0.05, 0) is 30.4 Å².